The van der Waals surface area contributed by atoms with E-state index in [0.717, 1.165) is 12.1 Å². The van der Waals surface area contributed by atoms with E-state index in [9.17, 15) is 22.0 Å². The van der Waals surface area contributed by atoms with Crippen molar-refractivity contribution in [2.24, 2.45) is 11.8 Å². The van der Waals surface area contributed by atoms with E-state index >= 15 is 0 Å². The van der Waals surface area contributed by atoms with Gasteiger partial charge in [0.2, 0.25) is 0 Å². The second kappa shape index (κ2) is 6.27. The van der Waals surface area contributed by atoms with Gasteiger partial charge in [-0.25, -0.2) is 8.78 Å². The molecule has 0 aromatic heterocycles. The van der Waals surface area contributed by atoms with Crippen LogP contribution < -0.4 is 0 Å². The van der Waals surface area contributed by atoms with Crippen LogP contribution in [0.4, 0.5) is 22.0 Å². The second-order valence-electron chi connectivity index (χ2n) is 5.35. The maximum atomic E-state index is 13.0. The van der Waals surface area contributed by atoms with Crippen LogP contribution in [0.3, 0.4) is 0 Å². The molecule has 2 atom stereocenters. The van der Waals surface area contributed by atoms with Gasteiger partial charge in [0.25, 0.3) is 0 Å². The molecule has 1 aliphatic rings. The third kappa shape index (κ3) is 3.91. The van der Waals surface area contributed by atoms with Crippen LogP contribution in [0.25, 0.3) is 0 Å². The minimum atomic E-state index is -4.33. The van der Waals surface area contributed by atoms with E-state index < -0.39 is 36.3 Å². The number of likely N-dealkylation sites (tertiary alicyclic amines) is 1. The number of aliphatic hydroxyl groups excluding tert-OH is 1. The molecule has 7 heteroatoms. The molecule has 2 rings (SSSR count). The molecular weight excluding hydrogens is 293 g/mol. The number of hydrogen-bond donors (Lipinski definition) is 1. The summed E-state index contributed by atoms with van der Waals surface area (Å²) in [6, 6.07) is 3.47. The fourth-order valence-electron chi connectivity index (χ4n) is 2.68. The Bertz CT molecular complexity index is 491. The summed E-state index contributed by atoms with van der Waals surface area (Å²) in [7, 11) is 0. The summed E-state index contributed by atoms with van der Waals surface area (Å²) in [6.45, 7) is -0.206. The molecule has 0 amide bonds. The lowest BCUT2D eigenvalue weighted by Gasteiger charge is -2.19. The van der Waals surface area contributed by atoms with Crippen LogP contribution in [0.5, 0.6) is 0 Å². The topological polar surface area (TPSA) is 23.5 Å². The zero-order valence-corrected chi connectivity index (χ0v) is 11.2. The van der Waals surface area contributed by atoms with Crippen molar-refractivity contribution in [1.82, 2.24) is 4.90 Å². The predicted molar refractivity (Wildman–Crippen MR) is 66.6 cm³/mol. The van der Waals surface area contributed by atoms with Gasteiger partial charge in [-0.15, -0.1) is 0 Å². The van der Waals surface area contributed by atoms with E-state index in [2.05, 4.69) is 0 Å². The number of rotatable bonds is 4. The van der Waals surface area contributed by atoms with Crippen molar-refractivity contribution in [3.05, 3.63) is 35.4 Å². The molecule has 1 heterocycles. The fraction of sp³-hybridized carbons (Fsp3) is 0.571. The van der Waals surface area contributed by atoms with Gasteiger partial charge in [-0.05, 0) is 24.1 Å². The van der Waals surface area contributed by atoms with E-state index in [1.807, 2.05) is 0 Å². The quantitative estimate of drug-likeness (QED) is 0.864. The Morgan fingerprint density at radius 2 is 1.86 bits per heavy atom. The third-order valence-electron chi connectivity index (χ3n) is 3.87. The average Bonchev–Trinajstić information content (AvgIpc) is 2.83. The zero-order valence-electron chi connectivity index (χ0n) is 11.2. The number of aliphatic hydroxyl groups is 1. The number of nitrogens with zero attached hydrogens (tertiary/aromatic N) is 1. The predicted octanol–water partition coefficient (Wildman–Crippen LogP) is 2.61. The van der Waals surface area contributed by atoms with Gasteiger partial charge in [-0.1, -0.05) is 6.07 Å². The van der Waals surface area contributed by atoms with Gasteiger partial charge in [0.1, 0.15) is 0 Å². The molecule has 0 saturated carbocycles. The molecule has 1 N–H and O–H groups in total. The lowest BCUT2D eigenvalue weighted by molar-refractivity contribution is -0.183. The van der Waals surface area contributed by atoms with Gasteiger partial charge in [0.05, 0.1) is 5.92 Å². The molecule has 118 valence electrons. The molecule has 21 heavy (non-hydrogen) atoms. The van der Waals surface area contributed by atoms with Gasteiger partial charge in [-0.2, -0.15) is 13.2 Å². The van der Waals surface area contributed by atoms with Crippen molar-refractivity contribution in [1.29, 1.82) is 0 Å². The minimum Gasteiger partial charge on any atom is -0.396 e. The van der Waals surface area contributed by atoms with Crippen LogP contribution in [-0.2, 0) is 6.42 Å². The van der Waals surface area contributed by atoms with E-state index in [1.165, 1.54) is 6.07 Å². The Balaban J connectivity index is 1.94. The maximum absolute atomic E-state index is 13.0. The lowest BCUT2D eigenvalue weighted by Crippen LogP contribution is -2.31. The Hall–Kier alpha value is -1.21. The molecular formula is C14H16F5NO. The molecule has 1 saturated heterocycles. The number of hydrogen-bond acceptors (Lipinski definition) is 2. The summed E-state index contributed by atoms with van der Waals surface area (Å²) in [5.74, 6) is -4.27. The van der Waals surface area contributed by atoms with E-state index in [4.69, 9.17) is 5.11 Å². The third-order valence-corrected chi connectivity index (χ3v) is 3.87. The number of benzene rings is 1. The highest BCUT2D eigenvalue weighted by Gasteiger charge is 2.49. The first-order chi connectivity index (χ1) is 9.81. The summed E-state index contributed by atoms with van der Waals surface area (Å²) in [6.07, 6.45) is -4.00. The standard InChI is InChI=1S/C14H16F5NO/c15-12-2-1-9(5-13(12)16)3-4-20-6-10(8-21)11(7-20)14(17,18)19/h1-2,5,10-11,21H,3-4,6-8H2/t10-,11+/m0/s1. The Labute approximate surface area is 119 Å². The maximum Gasteiger partial charge on any atom is 0.393 e. The van der Waals surface area contributed by atoms with Gasteiger partial charge in [0.15, 0.2) is 11.6 Å². The van der Waals surface area contributed by atoms with Crippen LogP contribution >= 0.6 is 0 Å². The second-order valence-corrected chi connectivity index (χ2v) is 5.35. The van der Waals surface area contributed by atoms with Crippen molar-refractivity contribution >= 4 is 0 Å². The van der Waals surface area contributed by atoms with E-state index in [0.29, 0.717) is 18.5 Å². The van der Waals surface area contributed by atoms with Gasteiger partial charge in [0, 0.05) is 32.2 Å². The molecule has 1 fully saturated rings. The van der Waals surface area contributed by atoms with Crippen molar-refractivity contribution < 1.29 is 27.1 Å². The van der Waals surface area contributed by atoms with Crippen LogP contribution in [0.2, 0.25) is 0 Å². The van der Waals surface area contributed by atoms with Gasteiger partial charge < -0.3 is 10.0 Å². The average molecular weight is 309 g/mol. The largest absolute Gasteiger partial charge is 0.396 e. The molecule has 0 unspecified atom stereocenters. The fourth-order valence-corrected chi connectivity index (χ4v) is 2.68. The molecule has 1 aliphatic heterocycles. The van der Waals surface area contributed by atoms with Crippen LogP contribution in [0.1, 0.15) is 5.56 Å². The van der Waals surface area contributed by atoms with E-state index in [-0.39, 0.29) is 13.1 Å². The molecule has 0 radical (unpaired) electrons. The van der Waals surface area contributed by atoms with Crippen molar-refractivity contribution in [3.63, 3.8) is 0 Å². The van der Waals surface area contributed by atoms with Crippen LogP contribution in [0.15, 0.2) is 18.2 Å². The van der Waals surface area contributed by atoms with Gasteiger partial charge in [-0.3, -0.25) is 0 Å². The highest BCUT2D eigenvalue weighted by Crippen LogP contribution is 2.37. The number of halogens is 5. The normalized spacial score (nSPS) is 23.7. The summed E-state index contributed by atoms with van der Waals surface area (Å²) in [5, 5.41) is 9.05. The monoisotopic (exact) mass is 309 g/mol. The summed E-state index contributed by atoms with van der Waals surface area (Å²) in [4.78, 5) is 1.60. The Kier molecular flexibility index (Phi) is 4.83. The van der Waals surface area contributed by atoms with Crippen molar-refractivity contribution in [2.75, 3.05) is 26.2 Å². The molecule has 0 bridgehead atoms. The summed E-state index contributed by atoms with van der Waals surface area (Å²) < 4.78 is 64.2. The Morgan fingerprint density at radius 1 is 1.14 bits per heavy atom. The first-order valence-electron chi connectivity index (χ1n) is 6.65. The zero-order chi connectivity index (χ0) is 15.6. The smallest absolute Gasteiger partial charge is 0.393 e. The highest BCUT2D eigenvalue weighted by molar-refractivity contribution is 5.18. The van der Waals surface area contributed by atoms with Crippen LogP contribution in [-0.4, -0.2) is 42.4 Å². The minimum absolute atomic E-state index is 0.157. The highest BCUT2D eigenvalue weighted by atomic mass is 19.4. The lowest BCUT2D eigenvalue weighted by atomic mass is 9.97. The van der Waals surface area contributed by atoms with Crippen LogP contribution in [0, 0.1) is 23.5 Å². The van der Waals surface area contributed by atoms with Crippen molar-refractivity contribution in [2.45, 2.75) is 12.6 Å². The molecule has 1 aromatic carbocycles. The first kappa shape index (κ1) is 16.2. The molecule has 1 aromatic rings. The number of alkyl halides is 3. The van der Waals surface area contributed by atoms with Gasteiger partial charge >= 0.3 is 6.18 Å². The van der Waals surface area contributed by atoms with E-state index in [1.54, 1.807) is 4.90 Å². The van der Waals surface area contributed by atoms with Crippen molar-refractivity contribution in [3.8, 4) is 0 Å². The molecule has 2 nitrogen and oxygen atoms in total. The SMILES string of the molecule is OC[C@@H]1CN(CCc2ccc(F)c(F)c2)C[C@H]1C(F)(F)F. The first-order valence-corrected chi connectivity index (χ1v) is 6.65. The summed E-state index contributed by atoms with van der Waals surface area (Å²) in [5.41, 5.74) is 0.532. The molecule has 0 spiro atoms. The summed E-state index contributed by atoms with van der Waals surface area (Å²) >= 11 is 0. The molecule has 0 aliphatic carbocycles. The Morgan fingerprint density at radius 3 is 2.38 bits per heavy atom.